The van der Waals surface area contributed by atoms with E-state index in [-0.39, 0.29) is 0 Å². The largest absolute Gasteiger partial charge is 0.303 e. The van der Waals surface area contributed by atoms with E-state index in [1.165, 1.54) is 0 Å². The van der Waals surface area contributed by atoms with E-state index < -0.39 is 0 Å². The molecule has 2 aromatic rings. The van der Waals surface area contributed by atoms with Gasteiger partial charge in [0.25, 0.3) is 5.78 Å². The highest BCUT2D eigenvalue weighted by atomic mass is 16.1. The molecule has 0 amide bonds. The molecule has 12 heavy (non-hydrogen) atoms. The Labute approximate surface area is 68.1 Å². The van der Waals surface area contributed by atoms with Crippen molar-refractivity contribution < 1.29 is 4.79 Å². The van der Waals surface area contributed by atoms with Crippen molar-refractivity contribution in [1.82, 2.24) is 19.6 Å². The predicted molar refractivity (Wildman–Crippen MR) is 40.6 cm³/mol. The minimum absolute atomic E-state index is 0.319. The third-order valence-corrected chi connectivity index (χ3v) is 1.52. The van der Waals surface area contributed by atoms with Gasteiger partial charge in [-0.25, -0.2) is 14.5 Å². The van der Waals surface area contributed by atoms with Crippen molar-refractivity contribution in [3.05, 3.63) is 24.3 Å². The van der Waals surface area contributed by atoms with E-state index >= 15 is 0 Å². The molecule has 2 rings (SSSR count). The van der Waals surface area contributed by atoms with Gasteiger partial charge in [-0.15, -0.1) is 0 Å². The number of rotatable bonds is 2. The molecule has 0 fully saturated rings. The first-order chi connectivity index (χ1) is 5.92. The van der Waals surface area contributed by atoms with Gasteiger partial charge >= 0.3 is 0 Å². The second-order valence-corrected chi connectivity index (χ2v) is 2.27. The molecule has 0 saturated heterocycles. The molecule has 0 aliphatic rings. The second kappa shape index (κ2) is 2.69. The lowest BCUT2D eigenvalue weighted by Gasteiger charge is -1.92. The Bertz CT molecular complexity index is 408. The fourth-order valence-corrected chi connectivity index (χ4v) is 1.00. The zero-order valence-corrected chi connectivity index (χ0v) is 6.21. The molecule has 5 nitrogen and oxygen atoms in total. The van der Waals surface area contributed by atoms with Crippen molar-refractivity contribution in [2.75, 3.05) is 0 Å². The van der Waals surface area contributed by atoms with Crippen molar-refractivity contribution in [3.8, 4) is 0 Å². The maximum atomic E-state index is 10.2. The van der Waals surface area contributed by atoms with E-state index in [1.807, 2.05) is 0 Å². The molecule has 0 unspecified atom stereocenters. The number of carbonyl (C=O) groups is 1. The van der Waals surface area contributed by atoms with Gasteiger partial charge < -0.3 is 4.79 Å². The molecule has 0 aliphatic heterocycles. The van der Waals surface area contributed by atoms with E-state index in [4.69, 9.17) is 0 Å². The minimum Gasteiger partial charge on any atom is -0.303 e. The Hall–Kier alpha value is -1.78. The van der Waals surface area contributed by atoms with Crippen LogP contribution in [-0.2, 0) is 11.2 Å². The second-order valence-electron chi connectivity index (χ2n) is 2.27. The van der Waals surface area contributed by atoms with Crippen LogP contribution in [0.25, 0.3) is 5.78 Å². The molecular formula is C7H6N4O. The fourth-order valence-electron chi connectivity index (χ4n) is 1.00. The molecule has 60 valence electrons. The number of hydrogen-bond acceptors (Lipinski definition) is 4. The first-order valence-corrected chi connectivity index (χ1v) is 3.49. The van der Waals surface area contributed by atoms with Crippen LogP contribution in [0.5, 0.6) is 0 Å². The first-order valence-electron chi connectivity index (χ1n) is 3.49. The average molecular weight is 162 g/mol. The third-order valence-electron chi connectivity index (χ3n) is 1.52. The summed E-state index contributed by atoms with van der Waals surface area (Å²) in [5.41, 5.74) is 0.758. The summed E-state index contributed by atoms with van der Waals surface area (Å²) in [5, 5.41) is 3.99. The molecular weight excluding hydrogens is 156 g/mol. The Morgan fingerprint density at radius 1 is 1.42 bits per heavy atom. The molecule has 0 aliphatic carbocycles. The lowest BCUT2D eigenvalue weighted by Crippen LogP contribution is -1.98. The standard InChI is InChI=1S/C7H6N4O/c12-4-1-6-5-9-7-8-2-3-10-11(6)7/h2-5H,1H2. The molecule has 0 radical (unpaired) electrons. The minimum atomic E-state index is 0.319. The first kappa shape index (κ1) is 6.90. The molecule has 5 heteroatoms. The number of imidazole rings is 1. The van der Waals surface area contributed by atoms with Gasteiger partial charge in [0.05, 0.1) is 24.3 Å². The van der Waals surface area contributed by atoms with Crippen LogP contribution < -0.4 is 0 Å². The van der Waals surface area contributed by atoms with Crippen molar-refractivity contribution in [1.29, 1.82) is 0 Å². The number of aldehydes is 1. The van der Waals surface area contributed by atoms with Crippen LogP contribution in [0.2, 0.25) is 0 Å². The zero-order valence-electron chi connectivity index (χ0n) is 6.21. The Balaban J connectivity index is 2.62. The van der Waals surface area contributed by atoms with Crippen LogP contribution >= 0.6 is 0 Å². The van der Waals surface area contributed by atoms with E-state index in [2.05, 4.69) is 15.1 Å². The number of hydrogen-bond donors (Lipinski definition) is 0. The fraction of sp³-hybridized carbons (Fsp3) is 0.143. The number of fused-ring (bicyclic) bond motifs is 1. The van der Waals surface area contributed by atoms with E-state index in [0.29, 0.717) is 12.2 Å². The highest BCUT2D eigenvalue weighted by Gasteiger charge is 2.02. The molecule has 0 spiro atoms. The Morgan fingerprint density at radius 3 is 3.17 bits per heavy atom. The van der Waals surface area contributed by atoms with Crippen molar-refractivity contribution >= 4 is 12.1 Å². The summed E-state index contributed by atoms with van der Waals surface area (Å²) in [4.78, 5) is 18.2. The summed E-state index contributed by atoms with van der Waals surface area (Å²) in [5.74, 6) is 0.523. The topological polar surface area (TPSA) is 60.2 Å². The van der Waals surface area contributed by atoms with Crippen molar-refractivity contribution in [2.24, 2.45) is 0 Å². The van der Waals surface area contributed by atoms with Crippen LogP contribution in [-0.4, -0.2) is 25.9 Å². The van der Waals surface area contributed by atoms with Crippen LogP contribution in [0.15, 0.2) is 18.6 Å². The van der Waals surface area contributed by atoms with Crippen LogP contribution in [0, 0.1) is 0 Å². The SMILES string of the molecule is O=CCc1cnc2nccnn12. The highest BCUT2D eigenvalue weighted by molar-refractivity contribution is 5.54. The summed E-state index contributed by atoms with van der Waals surface area (Å²) in [7, 11) is 0. The lowest BCUT2D eigenvalue weighted by molar-refractivity contribution is -0.107. The van der Waals surface area contributed by atoms with Gasteiger partial charge in [0.1, 0.15) is 6.29 Å². The normalized spacial score (nSPS) is 10.3. The maximum absolute atomic E-state index is 10.2. The summed E-state index contributed by atoms with van der Waals surface area (Å²) in [6.45, 7) is 0. The monoisotopic (exact) mass is 162 g/mol. The molecule has 0 saturated carbocycles. The van der Waals surface area contributed by atoms with Crippen LogP contribution in [0.4, 0.5) is 0 Å². The van der Waals surface area contributed by atoms with Gasteiger partial charge in [-0.1, -0.05) is 0 Å². The maximum Gasteiger partial charge on any atom is 0.250 e. The smallest absolute Gasteiger partial charge is 0.250 e. The Kier molecular flexibility index (Phi) is 1.55. The lowest BCUT2D eigenvalue weighted by atomic mass is 10.4. The summed E-state index contributed by atoms with van der Waals surface area (Å²) in [6.07, 6.45) is 5.86. The highest BCUT2D eigenvalue weighted by Crippen LogP contribution is 1.99. The zero-order chi connectivity index (χ0) is 8.39. The van der Waals surface area contributed by atoms with Crippen molar-refractivity contribution in [3.63, 3.8) is 0 Å². The third kappa shape index (κ3) is 0.952. The predicted octanol–water partition coefficient (Wildman–Crippen LogP) is -0.134. The molecule has 0 aromatic carbocycles. The molecule has 0 atom stereocenters. The van der Waals surface area contributed by atoms with Gasteiger partial charge in [-0.2, -0.15) is 5.10 Å². The molecule has 0 N–H and O–H groups in total. The summed E-state index contributed by atoms with van der Waals surface area (Å²) in [6, 6.07) is 0. The number of nitrogens with zero attached hydrogens (tertiary/aromatic N) is 4. The number of carbonyl (C=O) groups excluding carboxylic acids is 1. The van der Waals surface area contributed by atoms with E-state index in [0.717, 1.165) is 12.0 Å². The van der Waals surface area contributed by atoms with E-state index in [9.17, 15) is 4.79 Å². The van der Waals surface area contributed by atoms with Gasteiger partial charge in [0, 0.05) is 6.42 Å². The van der Waals surface area contributed by atoms with Crippen LogP contribution in [0.3, 0.4) is 0 Å². The van der Waals surface area contributed by atoms with Gasteiger partial charge in [0.2, 0.25) is 0 Å². The van der Waals surface area contributed by atoms with E-state index in [1.54, 1.807) is 23.1 Å². The van der Waals surface area contributed by atoms with Crippen molar-refractivity contribution in [2.45, 2.75) is 6.42 Å². The summed E-state index contributed by atoms with van der Waals surface area (Å²) < 4.78 is 1.55. The van der Waals surface area contributed by atoms with Gasteiger partial charge in [-0.05, 0) is 0 Å². The Morgan fingerprint density at radius 2 is 2.33 bits per heavy atom. The van der Waals surface area contributed by atoms with Gasteiger partial charge in [-0.3, -0.25) is 0 Å². The number of aromatic nitrogens is 4. The molecule has 0 bridgehead atoms. The van der Waals surface area contributed by atoms with Gasteiger partial charge in [0.15, 0.2) is 0 Å². The average Bonchev–Trinajstić information content (AvgIpc) is 2.50. The summed E-state index contributed by atoms with van der Waals surface area (Å²) >= 11 is 0. The quantitative estimate of drug-likeness (QED) is 0.577. The molecule has 2 aromatic heterocycles. The molecule has 2 heterocycles. The van der Waals surface area contributed by atoms with Crippen LogP contribution in [0.1, 0.15) is 5.69 Å².